The average Bonchev–Trinajstić information content (AvgIpc) is 3.04. The van der Waals surface area contributed by atoms with E-state index >= 15 is 0 Å². The molecule has 126 valence electrons. The minimum atomic E-state index is 0. The van der Waals surface area contributed by atoms with Crippen LogP contribution in [-0.4, -0.2) is 7.11 Å². The minimum Gasteiger partial charge on any atom is -0.496 e. The molecule has 0 bridgehead atoms. The highest BCUT2D eigenvalue weighted by Gasteiger charge is 2.06. The van der Waals surface area contributed by atoms with Crippen LogP contribution in [0.3, 0.4) is 0 Å². The molecule has 0 aliphatic heterocycles. The molecule has 0 amide bonds. The molecule has 3 rings (SSSR count). The van der Waals surface area contributed by atoms with Gasteiger partial charge in [0.25, 0.3) is 0 Å². The van der Waals surface area contributed by atoms with E-state index in [1.807, 2.05) is 60.7 Å². The van der Waals surface area contributed by atoms with Gasteiger partial charge in [0.05, 0.1) is 13.7 Å². The molecule has 1 aromatic heterocycles. The predicted molar refractivity (Wildman–Crippen MR) is 99.9 cm³/mol. The van der Waals surface area contributed by atoms with E-state index in [-0.39, 0.29) is 12.4 Å². The molecule has 0 atom stereocenters. The maximum absolute atomic E-state index is 6.02. The third kappa shape index (κ3) is 4.54. The number of hydrogen-bond donors (Lipinski definition) is 1. The van der Waals surface area contributed by atoms with Crippen LogP contribution in [0.25, 0.3) is 11.3 Å². The van der Waals surface area contributed by atoms with Crippen molar-refractivity contribution in [2.75, 3.05) is 7.11 Å². The molecular formula is C19H19Cl2NO2. The van der Waals surface area contributed by atoms with Crippen molar-refractivity contribution in [1.29, 1.82) is 0 Å². The van der Waals surface area contributed by atoms with Crippen LogP contribution in [0, 0.1) is 0 Å². The maximum atomic E-state index is 6.02. The standard InChI is InChI=1S/C19H18ClNO2.ClH/c1-22-18-8-3-2-5-15(18)12-21-13-17-9-10-19(23-17)14-6-4-7-16(20)11-14;/h2-11,21H,12-13H2,1H3;1H. The highest BCUT2D eigenvalue weighted by molar-refractivity contribution is 6.30. The Morgan fingerprint density at radius 1 is 1.00 bits per heavy atom. The molecule has 2 aromatic carbocycles. The zero-order valence-corrected chi connectivity index (χ0v) is 14.9. The summed E-state index contributed by atoms with van der Waals surface area (Å²) < 4.78 is 11.2. The van der Waals surface area contributed by atoms with Crippen LogP contribution in [0.5, 0.6) is 5.75 Å². The molecule has 0 spiro atoms. The van der Waals surface area contributed by atoms with Gasteiger partial charge in [-0.15, -0.1) is 12.4 Å². The summed E-state index contributed by atoms with van der Waals surface area (Å²) in [6.07, 6.45) is 0. The summed E-state index contributed by atoms with van der Waals surface area (Å²) in [5.74, 6) is 2.59. The molecule has 3 aromatic rings. The molecule has 0 fully saturated rings. The first kappa shape index (κ1) is 18.4. The molecule has 3 nitrogen and oxygen atoms in total. The predicted octanol–water partition coefficient (Wildman–Crippen LogP) is 5.32. The first-order valence-electron chi connectivity index (χ1n) is 7.43. The Bertz CT molecular complexity index is 786. The molecule has 1 N–H and O–H groups in total. The van der Waals surface area contributed by atoms with Gasteiger partial charge in [0.2, 0.25) is 0 Å². The number of hydrogen-bond acceptors (Lipinski definition) is 3. The van der Waals surface area contributed by atoms with Gasteiger partial charge in [0.15, 0.2) is 0 Å². The highest BCUT2D eigenvalue weighted by Crippen LogP contribution is 2.25. The molecule has 0 radical (unpaired) electrons. The van der Waals surface area contributed by atoms with Crippen LogP contribution >= 0.6 is 24.0 Å². The summed E-state index contributed by atoms with van der Waals surface area (Å²) in [7, 11) is 1.68. The van der Waals surface area contributed by atoms with Crippen molar-refractivity contribution in [3.8, 4) is 17.1 Å². The second-order valence-electron chi connectivity index (χ2n) is 5.19. The van der Waals surface area contributed by atoms with Crippen LogP contribution < -0.4 is 10.1 Å². The summed E-state index contributed by atoms with van der Waals surface area (Å²) >= 11 is 6.02. The van der Waals surface area contributed by atoms with E-state index in [0.29, 0.717) is 11.6 Å². The largest absolute Gasteiger partial charge is 0.496 e. The monoisotopic (exact) mass is 363 g/mol. The SMILES string of the molecule is COc1ccccc1CNCc1ccc(-c2cccc(Cl)c2)o1.Cl. The average molecular weight is 364 g/mol. The second kappa shape index (κ2) is 8.78. The Morgan fingerprint density at radius 3 is 2.62 bits per heavy atom. The molecule has 24 heavy (non-hydrogen) atoms. The van der Waals surface area contributed by atoms with Gasteiger partial charge in [-0.1, -0.05) is 41.9 Å². The van der Waals surface area contributed by atoms with Crippen molar-refractivity contribution in [3.63, 3.8) is 0 Å². The van der Waals surface area contributed by atoms with Gasteiger partial charge in [0.1, 0.15) is 17.3 Å². The number of furan rings is 1. The molecule has 0 aliphatic rings. The van der Waals surface area contributed by atoms with E-state index in [1.54, 1.807) is 7.11 Å². The topological polar surface area (TPSA) is 34.4 Å². The summed E-state index contributed by atoms with van der Waals surface area (Å²) in [6, 6.07) is 19.6. The Kier molecular flexibility index (Phi) is 6.73. The molecule has 1 heterocycles. The van der Waals surface area contributed by atoms with Gasteiger partial charge in [-0.2, -0.15) is 0 Å². The van der Waals surface area contributed by atoms with Crippen molar-refractivity contribution < 1.29 is 9.15 Å². The van der Waals surface area contributed by atoms with Crippen molar-refractivity contribution in [3.05, 3.63) is 77.0 Å². The molecule has 0 unspecified atom stereocenters. The lowest BCUT2D eigenvalue weighted by Gasteiger charge is -2.08. The quantitative estimate of drug-likeness (QED) is 0.643. The fourth-order valence-electron chi connectivity index (χ4n) is 2.44. The fourth-order valence-corrected chi connectivity index (χ4v) is 2.63. The number of halogens is 2. The van der Waals surface area contributed by atoms with Crippen molar-refractivity contribution in [2.45, 2.75) is 13.1 Å². The normalized spacial score (nSPS) is 10.2. The van der Waals surface area contributed by atoms with Crippen LogP contribution in [0.4, 0.5) is 0 Å². The lowest BCUT2D eigenvalue weighted by atomic mass is 10.2. The third-order valence-corrected chi connectivity index (χ3v) is 3.81. The third-order valence-electron chi connectivity index (χ3n) is 3.58. The van der Waals surface area contributed by atoms with Crippen LogP contribution in [0.2, 0.25) is 5.02 Å². The zero-order valence-electron chi connectivity index (χ0n) is 13.3. The smallest absolute Gasteiger partial charge is 0.134 e. The van der Waals surface area contributed by atoms with Gasteiger partial charge in [-0.05, 0) is 30.3 Å². The fraction of sp³-hybridized carbons (Fsp3) is 0.158. The van der Waals surface area contributed by atoms with Gasteiger partial charge < -0.3 is 14.5 Å². The van der Waals surface area contributed by atoms with Crippen molar-refractivity contribution in [2.24, 2.45) is 0 Å². The van der Waals surface area contributed by atoms with Crippen LogP contribution in [0.1, 0.15) is 11.3 Å². The molecular weight excluding hydrogens is 345 g/mol. The molecule has 0 saturated heterocycles. The lowest BCUT2D eigenvalue weighted by Crippen LogP contribution is -2.12. The number of para-hydroxylation sites is 1. The number of methoxy groups -OCH3 is 1. The first-order chi connectivity index (χ1) is 11.3. The van der Waals surface area contributed by atoms with Crippen molar-refractivity contribution >= 4 is 24.0 Å². The van der Waals surface area contributed by atoms with E-state index in [4.69, 9.17) is 20.8 Å². The number of nitrogens with one attached hydrogen (secondary N) is 1. The van der Waals surface area contributed by atoms with E-state index in [9.17, 15) is 0 Å². The number of benzene rings is 2. The van der Waals surface area contributed by atoms with Crippen LogP contribution in [-0.2, 0) is 13.1 Å². The highest BCUT2D eigenvalue weighted by atomic mass is 35.5. The van der Waals surface area contributed by atoms with Gasteiger partial charge in [-0.3, -0.25) is 0 Å². The number of rotatable bonds is 6. The Morgan fingerprint density at radius 2 is 1.83 bits per heavy atom. The second-order valence-corrected chi connectivity index (χ2v) is 5.63. The minimum absolute atomic E-state index is 0. The van der Waals surface area contributed by atoms with Crippen molar-refractivity contribution in [1.82, 2.24) is 5.32 Å². The van der Waals surface area contributed by atoms with Crippen LogP contribution in [0.15, 0.2) is 65.1 Å². The summed E-state index contributed by atoms with van der Waals surface area (Å²) in [6.45, 7) is 1.37. The number of ether oxygens (including phenoxy) is 1. The van der Waals surface area contributed by atoms with Gasteiger partial charge in [-0.25, -0.2) is 0 Å². The zero-order chi connectivity index (χ0) is 16.1. The summed E-state index contributed by atoms with van der Waals surface area (Å²) in [4.78, 5) is 0. The molecule has 0 saturated carbocycles. The Hall–Kier alpha value is -1.94. The van der Waals surface area contributed by atoms with Gasteiger partial charge >= 0.3 is 0 Å². The Labute approximate surface area is 153 Å². The van der Waals surface area contributed by atoms with E-state index in [1.165, 1.54) is 0 Å². The maximum Gasteiger partial charge on any atom is 0.134 e. The Balaban J connectivity index is 0.00000208. The molecule has 0 aliphatic carbocycles. The molecule has 5 heteroatoms. The van der Waals surface area contributed by atoms with E-state index in [0.717, 1.165) is 34.9 Å². The van der Waals surface area contributed by atoms with E-state index < -0.39 is 0 Å². The summed E-state index contributed by atoms with van der Waals surface area (Å²) in [5, 5.41) is 4.07. The lowest BCUT2D eigenvalue weighted by molar-refractivity contribution is 0.406. The first-order valence-corrected chi connectivity index (χ1v) is 7.81. The van der Waals surface area contributed by atoms with E-state index in [2.05, 4.69) is 5.32 Å². The van der Waals surface area contributed by atoms with Gasteiger partial charge in [0, 0.05) is 22.7 Å². The summed E-state index contributed by atoms with van der Waals surface area (Å²) in [5.41, 5.74) is 2.10.